The molecule has 0 radical (unpaired) electrons. The van der Waals surface area contributed by atoms with Gasteiger partial charge in [-0.15, -0.1) is 11.3 Å². The van der Waals surface area contributed by atoms with Crippen molar-refractivity contribution in [3.05, 3.63) is 22.4 Å². The molecule has 2 N–H and O–H groups in total. The molecule has 0 aliphatic rings. The minimum Gasteiger partial charge on any atom is -0.392 e. The van der Waals surface area contributed by atoms with E-state index in [4.69, 9.17) is 0 Å². The molecule has 0 saturated heterocycles. The molecule has 3 heteroatoms. The summed E-state index contributed by atoms with van der Waals surface area (Å²) in [6.45, 7) is 5.59. The molecule has 1 rings (SSSR count). The standard InChI is InChI=1S/C10H17NOS/c1-8(2)10(12)7-11-6-9-4-3-5-13-9/h3-5,8,10-12H,6-7H2,1-2H3. The summed E-state index contributed by atoms with van der Waals surface area (Å²) in [4.78, 5) is 1.32. The number of nitrogens with one attached hydrogen (secondary N) is 1. The van der Waals surface area contributed by atoms with Crippen molar-refractivity contribution in [1.82, 2.24) is 5.32 Å². The quantitative estimate of drug-likeness (QED) is 0.758. The number of hydrogen-bond acceptors (Lipinski definition) is 3. The number of thiophene rings is 1. The van der Waals surface area contributed by atoms with Crippen LogP contribution < -0.4 is 5.32 Å². The van der Waals surface area contributed by atoms with E-state index in [0.29, 0.717) is 12.5 Å². The Balaban J connectivity index is 2.14. The molecule has 1 heterocycles. The van der Waals surface area contributed by atoms with Gasteiger partial charge in [-0.1, -0.05) is 19.9 Å². The van der Waals surface area contributed by atoms with Gasteiger partial charge in [0, 0.05) is 18.0 Å². The van der Waals surface area contributed by atoms with Gasteiger partial charge in [0.15, 0.2) is 0 Å². The summed E-state index contributed by atoms with van der Waals surface area (Å²) in [5, 5.41) is 14.8. The summed E-state index contributed by atoms with van der Waals surface area (Å²) in [6, 6.07) is 4.14. The lowest BCUT2D eigenvalue weighted by Crippen LogP contribution is -2.29. The van der Waals surface area contributed by atoms with Crippen molar-refractivity contribution in [2.45, 2.75) is 26.5 Å². The van der Waals surface area contributed by atoms with Crippen LogP contribution in [0, 0.1) is 5.92 Å². The fourth-order valence-electron chi connectivity index (χ4n) is 0.992. The predicted molar refractivity (Wildman–Crippen MR) is 56.9 cm³/mol. The molecule has 0 aromatic carbocycles. The number of aliphatic hydroxyl groups is 1. The van der Waals surface area contributed by atoms with Gasteiger partial charge in [0.2, 0.25) is 0 Å². The topological polar surface area (TPSA) is 32.3 Å². The van der Waals surface area contributed by atoms with E-state index in [2.05, 4.69) is 16.8 Å². The van der Waals surface area contributed by atoms with Gasteiger partial charge in [-0.3, -0.25) is 0 Å². The molecule has 74 valence electrons. The molecule has 2 nitrogen and oxygen atoms in total. The summed E-state index contributed by atoms with van der Waals surface area (Å²) >= 11 is 1.74. The lowest BCUT2D eigenvalue weighted by atomic mass is 10.1. The number of rotatable bonds is 5. The molecule has 1 aromatic rings. The molecule has 0 fully saturated rings. The maximum atomic E-state index is 9.50. The molecule has 1 atom stereocenters. The van der Waals surface area contributed by atoms with Crippen molar-refractivity contribution in [2.24, 2.45) is 5.92 Å². The fraction of sp³-hybridized carbons (Fsp3) is 0.600. The second-order valence-electron chi connectivity index (χ2n) is 3.52. The van der Waals surface area contributed by atoms with Gasteiger partial charge < -0.3 is 10.4 Å². The Hall–Kier alpha value is -0.380. The third-order valence-corrected chi connectivity index (χ3v) is 2.88. The summed E-state index contributed by atoms with van der Waals surface area (Å²) in [6.07, 6.45) is -0.236. The molecule has 1 unspecified atom stereocenters. The molecule has 0 saturated carbocycles. The van der Waals surface area contributed by atoms with Gasteiger partial charge in [-0.2, -0.15) is 0 Å². The van der Waals surface area contributed by atoms with Crippen LogP contribution in [0.25, 0.3) is 0 Å². The fourth-order valence-corrected chi connectivity index (χ4v) is 1.67. The van der Waals surface area contributed by atoms with Gasteiger partial charge in [-0.25, -0.2) is 0 Å². The van der Waals surface area contributed by atoms with Crippen molar-refractivity contribution in [3.63, 3.8) is 0 Å². The van der Waals surface area contributed by atoms with Crippen LogP contribution in [0.5, 0.6) is 0 Å². The Morgan fingerprint density at radius 1 is 1.54 bits per heavy atom. The van der Waals surface area contributed by atoms with Crippen LogP contribution in [0.3, 0.4) is 0 Å². The zero-order valence-electron chi connectivity index (χ0n) is 8.16. The van der Waals surface area contributed by atoms with E-state index in [9.17, 15) is 5.11 Å². The molecule has 0 aliphatic heterocycles. The van der Waals surface area contributed by atoms with E-state index in [1.54, 1.807) is 11.3 Å². The van der Waals surface area contributed by atoms with E-state index in [-0.39, 0.29) is 6.10 Å². The molecule has 1 aromatic heterocycles. The molecule has 0 aliphatic carbocycles. The van der Waals surface area contributed by atoms with Gasteiger partial charge in [0.25, 0.3) is 0 Å². The first kappa shape index (κ1) is 10.7. The van der Waals surface area contributed by atoms with Crippen LogP contribution in [0.4, 0.5) is 0 Å². The molecular weight excluding hydrogens is 182 g/mol. The van der Waals surface area contributed by atoms with Crippen LogP contribution in [0.2, 0.25) is 0 Å². The third kappa shape index (κ3) is 3.89. The predicted octanol–water partition coefficient (Wildman–Crippen LogP) is 1.85. The highest BCUT2D eigenvalue weighted by Gasteiger charge is 2.07. The van der Waals surface area contributed by atoms with Crippen LogP contribution in [0.1, 0.15) is 18.7 Å². The van der Waals surface area contributed by atoms with Crippen molar-refractivity contribution < 1.29 is 5.11 Å². The summed E-state index contributed by atoms with van der Waals surface area (Å²) in [7, 11) is 0. The Morgan fingerprint density at radius 3 is 2.85 bits per heavy atom. The summed E-state index contributed by atoms with van der Waals surface area (Å²) in [5.74, 6) is 0.329. The van der Waals surface area contributed by atoms with Gasteiger partial charge >= 0.3 is 0 Å². The molecular formula is C10H17NOS. The average Bonchev–Trinajstić information content (AvgIpc) is 2.56. The highest BCUT2D eigenvalue weighted by molar-refractivity contribution is 7.09. The highest BCUT2D eigenvalue weighted by Crippen LogP contribution is 2.07. The van der Waals surface area contributed by atoms with Crippen molar-refractivity contribution in [2.75, 3.05) is 6.54 Å². The van der Waals surface area contributed by atoms with Gasteiger partial charge in [0.1, 0.15) is 0 Å². The zero-order chi connectivity index (χ0) is 9.68. The first-order valence-electron chi connectivity index (χ1n) is 4.61. The minimum atomic E-state index is -0.236. The Labute approximate surface area is 83.6 Å². The Morgan fingerprint density at radius 2 is 2.31 bits per heavy atom. The average molecular weight is 199 g/mol. The van der Waals surface area contributed by atoms with Gasteiger partial charge in [0.05, 0.1) is 6.10 Å². The first-order chi connectivity index (χ1) is 6.20. The van der Waals surface area contributed by atoms with E-state index in [0.717, 1.165) is 6.54 Å². The zero-order valence-corrected chi connectivity index (χ0v) is 8.97. The maximum Gasteiger partial charge on any atom is 0.0687 e. The van der Waals surface area contributed by atoms with Crippen LogP contribution in [0.15, 0.2) is 17.5 Å². The highest BCUT2D eigenvalue weighted by atomic mass is 32.1. The maximum absolute atomic E-state index is 9.50. The Kier molecular flexibility index (Phi) is 4.42. The summed E-state index contributed by atoms with van der Waals surface area (Å²) in [5.41, 5.74) is 0. The van der Waals surface area contributed by atoms with E-state index >= 15 is 0 Å². The Bertz CT molecular complexity index is 221. The van der Waals surface area contributed by atoms with Crippen molar-refractivity contribution >= 4 is 11.3 Å². The van der Waals surface area contributed by atoms with Crippen molar-refractivity contribution in [3.8, 4) is 0 Å². The first-order valence-corrected chi connectivity index (χ1v) is 5.49. The van der Waals surface area contributed by atoms with Crippen LogP contribution in [-0.2, 0) is 6.54 Å². The largest absolute Gasteiger partial charge is 0.392 e. The SMILES string of the molecule is CC(C)C(O)CNCc1cccs1. The molecule has 0 amide bonds. The lowest BCUT2D eigenvalue weighted by molar-refractivity contribution is 0.123. The third-order valence-electron chi connectivity index (χ3n) is 2.00. The summed E-state index contributed by atoms with van der Waals surface area (Å²) < 4.78 is 0. The molecule has 0 spiro atoms. The number of hydrogen-bond donors (Lipinski definition) is 2. The van der Waals surface area contributed by atoms with Crippen LogP contribution >= 0.6 is 11.3 Å². The molecule has 0 bridgehead atoms. The molecule has 13 heavy (non-hydrogen) atoms. The van der Waals surface area contributed by atoms with Crippen molar-refractivity contribution in [1.29, 1.82) is 0 Å². The van der Waals surface area contributed by atoms with E-state index < -0.39 is 0 Å². The number of aliphatic hydroxyl groups excluding tert-OH is 1. The van der Waals surface area contributed by atoms with Crippen LogP contribution in [-0.4, -0.2) is 17.8 Å². The minimum absolute atomic E-state index is 0.236. The van der Waals surface area contributed by atoms with E-state index in [1.807, 2.05) is 19.9 Å². The van der Waals surface area contributed by atoms with E-state index in [1.165, 1.54) is 4.88 Å². The van der Waals surface area contributed by atoms with Gasteiger partial charge in [-0.05, 0) is 17.4 Å². The monoisotopic (exact) mass is 199 g/mol. The lowest BCUT2D eigenvalue weighted by Gasteiger charge is -2.14. The smallest absolute Gasteiger partial charge is 0.0687 e. The normalized spacial score (nSPS) is 13.5. The second-order valence-corrected chi connectivity index (χ2v) is 4.55. The second kappa shape index (κ2) is 5.37.